The van der Waals surface area contributed by atoms with Crippen molar-refractivity contribution in [1.29, 1.82) is 0 Å². The first-order chi connectivity index (χ1) is 6.27. The molecule has 1 aromatic heterocycles. The fourth-order valence-corrected chi connectivity index (χ4v) is 1.30. The van der Waals surface area contributed by atoms with Crippen LogP contribution in [-0.4, -0.2) is 11.6 Å². The molecular weight excluding hydrogens is 188 g/mol. The Balaban J connectivity index is 2.07. The van der Waals surface area contributed by atoms with Crippen molar-refractivity contribution < 1.29 is 4.74 Å². The van der Waals surface area contributed by atoms with Gasteiger partial charge in [-0.1, -0.05) is 11.6 Å². The van der Waals surface area contributed by atoms with E-state index in [-0.39, 0.29) is 0 Å². The molecule has 2 rings (SSSR count). The first-order valence-electron chi connectivity index (χ1n) is 4.29. The van der Waals surface area contributed by atoms with E-state index >= 15 is 0 Å². The molecule has 2 N–H and O–H groups in total. The fraction of sp³-hybridized carbons (Fsp3) is 0.444. The zero-order valence-electron chi connectivity index (χ0n) is 7.16. The average molecular weight is 199 g/mol. The molecule has 1 aromatic rings. The smallest absolute Gasteiger partial charge is 0.163 e. The lowest BCUT2D eigenvalue weighted by Crippen LogP contribution is -2.02. The second kappa shape index (κ2) is 3.42. The minimum Gasteiger partial charge on any atom is -0.489 e. The van der Waals surface area contributed by atoms with Crippen molar-refractivity contribution in [3.8, 4) is 5.75 Å². The molecule has 13 heavy (non-hydrogen) atoms. The Bertz CT molecular complexity index is 292. The molecule has 1 saturated carbocycles. The van der Waals surface area contributed by atoms with Gasteiger partial charge in [-0.3, -0.25) is 4.98 Å². The highest BCUT2D eigenvalue weighted by Crippen LogP contribution is 2.33. The van der Waals surface area contributed by atoms with Crippen LogP contribution in [-0.2, 0) is 0 Å². The van der Waals surface area contributed by atoms with Crippen LogP contribution in [0.1, 0.15) is 12.8 Å². The van der Waals surface area contributed by atoms with Crippen LogP contribution in [0.15, 0.2) is 12.4 Å². The molecule has 0 aliphatic heterocycles. The van der Waals surface area contributed by atoms with Crippen LogP contribution < -0.4 is 10.5 Å². The number of nitrogens with zero attached hydrogens (tertiary/aromatic N) is 1. The highest BCUT2D eigenvalue weighted by atomic mass is 35.5. The van der Waals surface area contributed by atoms with Crippen molar-refractivity contribution in [2.75, 3.05) is 12.3 Å². The van der Waals surface area contributed by atoms with Crippen LogP contribution in [0.4, 0.5) is 5.69 Å². The zero-order chi connectivity index (χ0) is 9.26. The Morgan fingerprint density at radius 1 is 1.54 bits per heavy atom. The zero-order valence-corrected chi connectivity index (χ0v) is 7.92. The number of ether oxygens (including phenoxy) is 1. The Hall–Kier alpha value is -0.960. The van der Waals surface area contributed by atoms with Crippen molar-refractivity contribution in [2.24, 2.45) is 5.92 Å². The van der Waals surface area contributed by atoms with Gasteiger partial charge in [0, 0.05) is 6.20 Å². The summed E-state index contributed by atoms with van der Waals surface area (Å²) in [6.45, 7) is 0.716. The van der Waals surface area contributed by atoms with Gasteiger partial charge in [0.2, 0.25) is 0 Å². The van der Waals surface area contributed by atoms with E-state index in [1.54, 1.807) is 12.4 Å². The fourth-order valence-electron chi connectivity index (χ4n) is 1.08. The second-order valence-corrected chi connectivity index (χ2v) is 3.70. The molecule has 4 heteroatoms. The number of halogens is 1. The van der Waals surface area contributed by atoms with E-state index in [1.165, 1.54) is 12.8 Å². The minimum atomic E-state index is 0.487. The highest BCUT2D eigenvalue weighted by Gasteiger charge is 2.22. The van der Waals surface area contributed by atoms with E-state index in [4.69, 9.17) is 22.1 Å². The number of anilines is 1. The van der Waals surface area contributed by atoms with Crippen molar-refractivity contribution in [1.82, 2.24) is 4.98 Å². The molecule has 0 amide bonds. The van der Waals surface area contributed by atoms with Crippen molar-refractivity contribution in [3.63, 3.8) is 0 Å². The third kappa shape index (κ3) is 2.04. The van der Waals surface area contributed by atoms with Gasteiger partial charge in [0.05, 0.1) is 18.5 Å². The lowest BCUT2D eigenvalue weighted by Gasteiger charge is -2.08. The molecule has 0 bridgehead atoms. The monoisotopic (exact) mass is 198 g/mol. The summed E-state index contributed by atoms with van der Waals surface area (Å²) in [5.74, 6) is 1.27. The number of nitrogens with two attached hydrogens (primary N) is 1. The predicted octanol–water partition coefficient (Wildman–Crippen LogP) is 2.11. The van der Waals surface area contributed by atoms with Crippen LogP contribution in [0, 0.1) is 5.92 Å². The van der Waals surface area contributed by atoms with Crippen molar-refractivity contribution >= 4 is 17.3 Å². The topological polar surface area (TPSA) is 48.1 Å². The van der Waals surface area contributed by atoms with Gasteiger partial charge in [-0.05, 0) is 18.8 Å². The lowest BCUT2D eigenvalue weighted by molar-refractivity contribution is 0.301. The SMILES string of the molecule is Nc1cncc(Cl)c1OCC1CC1. The number of nitrogen functional groups attached to an aromatic ring is 1. The molecule has 1 aliphatic rings. The molecular formula is C9H11ClN2O. The van der Waals surface area contributed by atoms with Gasteiger partial charge in [0.25, 0.3) is 0 Å². The first kappa shape index (κ1) is 8.63. The lowest BCUT2D eigenvalue weighted by atomic mass is 10.4. The minimum absolute atomic E-state index is 0.487. The quantitative estimate of drug-likeness (QED) is 0.809. The number of hydrogen-bond acceptors (Lipinski definition) is 3. The number of pyridine rings is 1. The maximum absolute atomic E-state index is 5.87. The van der Waals surface area contributed by atoms with Crippen LogP contribution in [0.5, 0.6) is 5.75 Å². The largest absolute Gasteiger partial charge is 0.489 e. The third-order valence-electron chi connectivity index (χ3n) is 2.04. The van der Waals surface area contributed by atoms with Crippen molar-refractivity contribution in [3.05, 3.63) is 17.4 Å². The summed E-state index contributed by atoms with van der Waals surface area (Å²) in [5.41, 5.74) is 6.16. The van der Waals surface area contributed by atoms with E-state index in [9.17, 15) is 0 Å². The Kier molecular flexibility index (Phi) is 2.27. The molecule has 1 fully saturated rings. The molecule has 1 aliphatic carbocycles. The third-order valence-corrected chi connectivity index (χ3v) is 2.31. The van der Waals surface area contributed by atoms with Crippen molar-refractivity contribution in [2.45, 2.75) is 12.8 Å². The molecule has 3 nitrogen and oxygen atoms in total. The average Bonchev–Trinajstić information content (AvgIpc) is 2.87. The normalized spacial score (nSPS) is 15.8. The Morgan fingerprint density at radius 2 is 2.31 bits per heavy atom. The molecule has 0 spiro atoms. The predicted molar refractivity (Wildman–Crippen MR) is 51.9 cm³/mol. The van der Waals surface area contributed by atoms with Gasteiger partial charge in [-0.15, -0.1) is 0 Å². The first-order valence-corrected chi connectivity index (χ1v) is 4.67. The van der Waals surface area contributed by atoms with Crippen LogP contribution in [0.3, 0.4) is 0 Å². The standard InChI is InChI=1S/C9H11ClN2O/c10-7-3-12-4-8(11)9(7)13-5-6-1-2-6/h3-4,6H,1-2,5,11H2. The van der Waals surface area contributed by atoms with E-state index in [0.29, 0.717) is 29.0 Å². The summed E-state index contributed by atoms with van der Waals surface area (Å²) in [7, 11) is 0. The molecule has 1 heterocycles. The van der Waals surface area contributed by atoms with Crippen LogP contribution >= 0.6 is 11.6 Å². The van der Waals surface area contributed by atoms with Gasteiger partial charge in [-0.25, -0.2) is 0 Å². The van der Waals surface area contributed by atoms with E-state index < -0.39 is 0 Å². The van der Waals surface area contributed by atoms with Crippen LogP contribution in [0.2, 0.25) is 5.02 Å². The Labute approximate surface area is 81.9 Å². The van der Waals surface area contributed by atoms with Gasteiger partial charge >= 0.3 is 0 Å². The molecule has 70 valence electrons. The summed E-state index contributed by atoms with van der Waals surface area (Å²) in [5, 5.41) is 0.487. The van der Waals surface area contributed by atoms with Gasteiger partial charge < -0.3 is 10.5 Å². The van der Waals surface area contributed by atoms with Gasteiger partial charge in [-0.2, -0.15) is 0 Å². The number of aromatic nitrogens is 1. The Morgan fingerprint density at radius 3 is 2.92 bits per heavy atom. The number of rotatable bonds is 3. The molecule has 0 radical (unpaired) electrons. The molecule has 0 saturated heterocycles. The highest BCUT2D eigenvalue weighted by molar-refractivity contribution is 6.32. The molecule has 0 atom stereocenters. The summed E-state index contributed by atoms with van der Waals surface area (Å²) in [6, 6.07) is 0. The maximum Gasteiger partial charge on any atom is 0.163 e. The van der Waals surface area contributed by atoms with E-state index in [0.717, 1.165) is 0 Å². The second-order valence-electron chi connectivity index (χ2n) is 3.29. The summed E-state index contributed by atoms with van der Waals surface area (Å²) < 4.78 is 5.49. The van der Waals surface area contributed by atoms with E-state index in [2.05, 4.69) is 4.98 Å². The van der Waals surface area contributed by atoms with E-state index in [1.807, 2.05) is 0 Å². The van der Waals surface area contributed by atoms with Gasteiger partial charge in [0.1, 0.15) is 5.02 Å². The number of hydrogen-bond donors (Lipinski definition) is 1. The summed E-state index contributed by atoms with van der Waals surface area (Å²) in [6.07, 6.45) is 5.60. The summed E-state index contributed by atoms with van der Waals surface area (Å²) in [4.78, 5) is 3.85. The maximum atomic E-state index is 5.87. The van der Waals surface area contributed by atoms with Crippen LogP contribution in [0.25, 0.3) is 0 Å². The molecule has 0 aromatic carbocycles. The summed E-state index contributed by atoms with van der Waals surface area (Å²) >= 11 is 5.87. The molecule has 0 unspecified atom stereocenters. The van der Waals surface area contributed by atoms with Gasteiger partial charge in [0.15, 0.2) is 5.75 Å².